The zero-order valence-corrected chi connectivity index (χ0v) is 15.1. The summed E-state index contributed by atoms with van der Waals surface area (Å²) in [7, 11) is 0. The van der Waals surface area contributed by atoms with Crippen LogP contribution >= 0.6 is 27.3 Å². The smallest absolute Gasteiger partial charge is 0.234 e. The summed E-state index contributed by atoms with van der Waals surface area (Å²) >= 11 is 5.15. The van der Waals surface area contributed by atoms with Crippen molar-refractivity contribution in [1.29, 1.82) is 0 Å². The largest absolute Gasteiger partial charge is 0.346 e. The first-order chi connectivity index (χ1) is 10.5. The molecule has 0 aliphatic carbocycles. The molecule has 0 bridgehead atoms. The average Bonchev–Trinajstić information content (AvgIpc) is 2.90. The summed E-state index contributed by atoms with van der Waals surface area (Å²) in [6, 6.07) is 4.22. The van der Waals surface area contributed by atoms with Crippen molar-refractivity contribution < 1.29 is 4.79 Å². The first kappa shape index (κ1) is 16.8. The van der Waals surface area contributed by atoms with Crippen molar-refractivity contribution in [2.24, 2.45) is 0 Å². The second kappa shape index (κ2) is 7.64. The molecule has 0 radical (unpaired) electrons. The van der Waals surface area contributed by atoms with Gasteiger partial charge in [0.05, 0.1) is 9.83 Å². The third-order valence-corrected chi connectivity index (χ3v) is 4.71. The molecule has 2 rings (SSSR count). The van der Waals surface area contributed by atoms with Gasteiger partial charge in [0.25, 0.3) is 0 Å². The quantitative estimate of drug-likeness (QED) is 0.789. The molecule has 0 spiro atoms. The van der Waals surface area contributed by atoms with Crippen molar-refractivity contribution in [2.45, 2.75) is 39.7 Å². The number of thiophene rings is 1. The number of hydrogen-bond donors (Lipinski definition) is 2. The van der Waals surface area contributed by atoms with Crippen LogP contribution in [-0.2, 0) is 4.79 Å². The monoisotopic (exact) mass is 383 g/mol. The van der Waals surface area contributed by atoms with Gasteiger partial charge in [-0.1, -0.05) is 13.8 Å². The van der Waals surface area contributed by atoms with E-state index >= 15 is 0 Å². The van der Waals surface area contributed by atoms with Gasteiger partial charge in [0, 0.05) is 11.3 Å². The Labute approximate surface area is 141 Å². The van der Waals surface area contributed by atoms with E-state index in [0.29, 0.717) is 18.2 Å². The Hall–Kier alpha value is -1.54. The highest BCUT2D eigenvalue weighted by molar-refractivity contribution is 9.11. The second-order valence-electron chi connectivity index (χ2n) is 4.68. The highest BCUT2D eigenvalue weighted by Gasteiger charge is 2.14. The van der Waals surface area contributed by atoms with Crippen molar-refractivity contribution in [2.75, 3.05) is 10.6 Å². The Morgan fingerprint density at radius 1 is 1.27 bits per heavy atom. The number of anilines is 2. The minimum Gasteiger partial charge on any atom is -0.346 e. The molecule has 0 aliphatic heterocycles. The van der Waals surface area contributed by atoms with Gasteiger partial charge in [0.1, 0.15) is 5.82 Å². The van der Waals surface area contributed by atoms with Gasteiger partial charge in [0.2, 0.25) is 17.8 Å². The van der Waals surface area contributed by atoms with Crippen LogP contribution in [0.2, 0.25) is 0 Å². The molecular weight excluding hydrogens is 366 g/mol. The van der Waals surface area contributed by atoms with Crippen molar-refractivity contribution in [3.05, 3.63) is 26.6 Å². The number of hydrogen-bond acceptors (Lipinski definition) is 6. The Balaban J connectivity index is 2.18. The minimum absolute atomic E-state index is 0.118. The Bertz CT molecular complexity index is 660. The van der Waals surface area contributed by atoms with Crippen LogP contribution in [0.1, 0.15) is 43.4 Å². The fourth-order valence-corrected chi connectivity index (χ4v) is 3.42. The predicted octanol–water partition coefficient (Wildman–Crippen LogP) is 3.92. The van der Waals surface area contributed by atoms with E-state index < -0.39 is 0 Å². The van der Waals surface area contributed by atoms with E-state index in [1.807, 2.05) is 6.07 Å². The molecule has 0 saturated carbocycles. The van der Waals surface area contributed by atoms with E-state index in [1.165, 1.54) is 4.88 Å². The standard InChI is InChI=1S/C14H18BrN5OS/c1-4-9(10-6-7-11(15)22-10)18-13-16-8(3)17-14(20-13)19-12(21)5-2/h6-7,9H,4-5H2,1-3H3,(H2,16,17,18,19,20,21). The summed E-state index contributed by atoms with van der Waals surface area (Å²) in [5, 5.41) is 5.97. The summed E-state index contributed by atoms with van der Waals surface area (Å²) in [5.74, 6) is 1.19. The van der Waals surface area contributed by atoms with E-state index in [1.54, 1.807) is 25.2 Å². The first-order valence-electron chi connectivity index (χ1n) is 7.06. The van der Waals surface area contributed by atoms with Gasteiger partial charge in [0.15, 0.2) is 0 Å². The lowest BCUT2D eigenvalue weighted by Gasteiger charge is -2.16. The van der Waals surface area contributed by atoms with E-state index in [-0.39, 0.29) is 17.9 Å². The number of rotatable bonds is 6. The maximum Gasteiger partial charge on any atom is 0.234 e. The van der Waals surface area contributed by atoms with E-state index in [4.69, 9.17) is 0 Å². The molecule has 8 heteroatoms. The maximum absolute atomic E-state index is 11.5. The Morgan fingerprint density at radius 2 is 2.00 bits per heavy atom. The molecule has 2 heterocycles. The molecule has 1 amide bonds. The molecule has 2 aromatic rings. The normalized spacial score (nSPS) is 12.0. The van der Waals surface area contributed by atoms with E-state index in [2.05, 4.69) is 54.5 Å². The summed E-state index contributed by atoms with van der Waals surface area (Å²) in [6.45, 7) is 5.65. The van der Waals surface area contributed by atoms with Gasteiger partial charge in [-0.25, -0.2) is 0 Å². The number of carbonyl (C=O) groups excluding carboxylic acids is 1. The molecule has 2 N–H and O–H groups in total. The van der Waals surface area contributed by atoms with Crippen molar-refractivity contribution >= 4 is 45.1 Å². The minimum atomic E-state index is -0.120. The maximum atomic E-state index is 11.5. The molecular formula is C14H18BrN5OS. The Morgan fingerprint density at radius 3 is 2.59 bits per heavy atom. The van der Waals surface area contributed by atoms with Crippen LogP contribution in [0.4, 0.5) is 11.9 Å². The molecule has 0 aromatic carbocycles. The van der Waals surface area contributed by atoms with Gasteiger partial charge in [-0.2, -0.15) is 15.0 Å². The first-order valence-corrected chi connectivity index (χ1v) is 8.67. The summed E-state index contributed by atoms with van der Waals surface area (Å²) in [5.41, 5.74) is 0. The molecule has 22 heavy (non-hydrogen) atoms. The third-order valence-electron chi connectivity index (χ3n) is 2.97. The predicted molar refractivity (Wildman–Crippen MR) is 92.2 cm³/mol. The number of aromatic nitrogens is 3. The van der Waals surface area contributed by atoms with Crippen molar-refractivity contribution in [3.63, 3.8) is 0 Å². The van der Waals surface area contributed by atoms with E-state index in [9.17, 15) is 4.79 Å². The molecule has 0 saturated heterocycles. The number of aryl methyl sites for hydroxylation is 1. The second-order valence-corrected chi connectivity index (χ2v) is 7.17. The number of nitrogens with zero attached hydrogens (tertiary/aromatic N) is 3. The van der Waals surface area contributed by atoms with Crippen LogP contribution in [0.3, 0.4) is 0 Å². The highest BCUT2D eigenvalue weighted by atomic mass is 79.9. The van der Waals surface area contributed by atoms with Crippen LogP contribution in [-0.4, -0.2) is 20.9 Å². The molecule has 118 valence electrons. The van der Waals surface area contributed by atoms with Crippen LogP contribution in [0.15, 0.2) is 15.9 Å². The molecule has 0 aliphatic rings. The van der Waals surface area contributed by atoms with E-state index in [0.717, 1.165) is 10.2 Å². The van der Waals surface area contributed by atoms with Crippen LogP contribution in [0, 0.1) is 6.92 Å². The lowest BCUT2D eigenvalue weighted by atomic mass is 10.2. The third kappa shape index (κ3) is 4.48. The highest BCUT2D eigenvalue weighted by Crippen LogP contribution is 2.30. The number of nitrogens with one attached hydrogen (secondary N) is 2. The zero-order chi connectivity index (χ0) is 16.1. The molecule has 1 unspecified atom stereocenters. The lowest BCUT2D eigenvalue weighted by molar-refractivity contribution is -0.115. The van der Waals surface area contributed by atoms with Gasteiger partial charge in [-0.15, -0.1) is 11.3 Å². The number of halogens is 1. The van der Waals surface area contributed by atoms with Crippen molar-refractivity contribution in [3.8, 4) is 0 Å². The van der Waals surface area contributed by atoms with Crippen LogP contribution in [0.5, 0.6) is 0 Å². The Kier molecular flexibility index (Phi) is 5.84. The number of carbonyl (C=O) groups is 1. The topological polar surface area (TPSA) is 79.8 Å². The molecule has 0 fully saturated rings. The molecule has 1 atom stereocenters. The fraction of sp³-hybridized carbons (Fsp3) is 0.429. The van der Waals surface area contributed by atoms with Crippen LogP contribution < -0.4 is 10.6 Å². The fourth-order valence-electron chi connectivity index (χ4n) is 1.86. The molecule has 6 nitrogen and oxygen atoms in total. The lowest BCUT2D eigenvalue weighted by Crippen LogP contribution is -2.16. The summed E-state index contributed by atoms with van der Waals surface area (Å²) < 4.78 is 1.09. The number of amides is 1. The van der Waals surface area contributed by atoms with Crippen LogP contribution in [0.25, 0.3) is 0 Å². The van der Waals surface area contributed by atoms with Gasteiger partial charge >= 0.3 is 0 Å². The van der Waals surface area contributed by atoms with Crippen molar-refractivity contribution in [1.82, 2.24) is 15.0 Å². The summed E-state index contributed by atoms with van der Waals surface area (Å²) in [6.07, 6.45) is 1.28. The van der Waals surface area contributed by atoms with Gasteiger partial charge in [-0.3, -0.25) is 10.1 Å². The zero-order valence-electron chi connectivity index (χ0n) is 12.7. The summed E-state index contributed by atoms with van der Waals surface area (Å²) in [4.78, 5) is 25.4. The average molecular weight is 384 g/mol. The SMILES string of the molecule is CCC(=O)Nc1nc(C)nc(NC(CC)c2ccc(Br)s2)n1. The van der Waals surface area contributed by atoms with Gasteiger partial charge < -0.3 is 5.32 Å². The van der Waals surface area contributed by atoms with Gasteiger partial charge in [-0.05, 0) is 41.4 Å². The molecule has 2 aromatic heterocycles.